The second kappa shape index (κ2) is 5.04. The van der Waals surface area contributed by atoms with E-state index in [-0.39, 0.29) is 11.9 Å². The van der Waals surface area contributed by atoms with Crippen LogP contribution in [0.1, 0.15) is 41.8 Å². The molecule has 0 aliphatic carbocycles. The van der Waals surface area contributed by atoms with Gasteiger partial charge in [0, 0.05) is 10.9 Å². The Balaban J connectivity index is 2.11. The number of aliphatic carboxylic acids is 1. The summed E-state index contributed by atoms with van der Waals surface area (Å²) < 4.78 is 1.44. The molecule has 0 saturated carbocycles. The van der Waals surface area contributed by atoms with Crippen molar-refractivity contribution in [3.05, 3.63) is 40.2 Å². The molecule has 7 heteroatoms. The number of nitrogens with two attached hydrogens (primary N) is 1. The van der Waals surface area contributed by atoms with Crippen LogP contribution in [0.15, 0.2) is 18.2 Å². The smallest absolute Gasteiger partial charge is 0.328 e. The van der Waals surface area contributed by atoms with Gasteiger partial charge < -0.3 is 10.8 Å². The van der Waals surface area contributed by atoms with Crippen molar-refractivity contribution >= 4 is 23.5 Å². The Kier molecular flexibility index (Phi) is 3.33. The van der Waals surface area contributed by atoms with Crippen LogP contribution in [0.5, 0.6) is 0 Å². The molecule has 1 aromatic heterocycles. The fourth-order valence-corrected chi connectivity index (χ4v) is 3.09. The van der Waals surface area contributed by atoms with E-state index in [9.17, 15) is 9.90 Å². The molecule has 1 aliphatic rings. The third-order valence-electron chi connectivity index (χ3n) is 3.91. The maximum absolute atomic E-state index is 11.3. The Morgan fingerprint density at radius 1 is 1.48 bits per heavy atom. The Labute approximate surface area is 126 Å². The number of rotatable bonds is 2. The van der Waals surface area contributed by atoms with Gasteiger partial charge >= 0.3 is 5.97 Å². The molecule has 0 fully saturated rings. The van der Waals surface area contributed by atoms with Crippen molar-refractivity contribution in [2.24, 2.45) is 0 Å². The fraction of sp³-hybridized carbons (Fsp3) is 0.357. The van der Waals surface area contributed by atoms with E-state index in [1.807, 2.05) is 25.1 Å². The molecule has 0 amide bonds. The summed E-state index contributed by atoms with van der Waals surface area (Å²) in [5, 5.41) is 14.0. The lowest BCUT2D eigenvalue weighted by Crippen LogP contribution is -2.29. The Bertz CT molecular complexity index is 713. The molecular formula is C14H15ClN4O2. The Hall–Kier alpha value is -2.08. The van der Waals surface area contributed by atoms with Gasteiger partial charge in [-0.2, -0.15) is 4.98 Å². The van der Waals surface area contributed by atoms with E-state index < -0.39 is 12.0 Å². The van der Waals surface area contributed by atoms with Crippen LogP contribution < -0.4 is 5.73 Å². The van der Waals surface area contributed by atoms with Crippen molar-refractivity contribution in [1.29, 1.82) is 0 Å². The molecule has 1 aliphatic heterocycles. The van der Waals surface area contributed by atoms with Gasteiger partial charge in [0.15, 0.2) is 6.04 Å². The highest BCUT2D eigenvalue weighted by atomic mass is 35.5. The fourth-order valence-electron chi connectivity index (χ4n) is 2.90. The predicted octanol–water partition coefficient (Wildman–Crippen LogP) is 2.37. The first-order chi connectivity index (χ1) is 9.97. The first kappa shape index (κ1) is 13.9. The minimum Gasteiger partial charge on any atom is -0.480 e. The normalized spacial score (nSPS) is 21.0. The van der Waals surface area contributed by atoms with Gasteiger partial charge in [-0.25, -0.2) is 9.48 Å². The molecule has 2 unspecified atom stereocenters. The summed E-state index contributed by atoms with van der Waals surface area (Å²) in [5.41, 5.74) is 7.80. The molecule has 0 radical (unpaired) electrons. The number of carboxylic acid groups (broad SMARTS) is 1. The minimum absolute atomic E-state index is 0.0379. The molecular weight excluding hydrogens is 292 g/mol. The number of carboxylic acids is 1. The molecule has 110 valence electrons. The summed E-state index contributed by atoms with van der Waals surface area (Å²) in [5.74, 6) is -0.258. The van der Waals surface area contributed by atoms with Crippen molar-refractivity contribution in [3.8, 4) is 0 Å². The first-order valence-corrected chi connectivity index (χ1v) is 7.06. The molecule has 2 atom stereocenters. The van der Waals surface area contributed by atoms with Crippen LogP contribution in [0, 0.1) is 6.92 Å². The second-order valence-corrected chi connectivity index (χ2v) is 5.69. The summed E-state index contributed by atoms with van der Waals surface area (Å²) in [4.78, 5) is 15.6. The van der Waals surface area contributed by atoms with Gasteiger partial charge in [-0.15, -0.1) is 5.10 Å². The number of halogens is 1. The zero-order valence-electron chi connectivity index (χ0n) is 11.5. The van der Waals surface area contributed by atoms with Crippen molar-refractivity contribution in [2.45, 2.75) is 31.7 Å². The van der Waals surface area contributed by atoms with Crippen LogP contribution in [0.4, 0.5) is 5.95 Å². The van der Waals surface area contributed by atoms with E-state index in [0.29, 0.717) is 23.7 Å². The highest BCUT2D eigenvalue weighted by Gasteiger charge is 2.35. The first-order valence-electron chi connectivity index (χ1n) is 6.68. The van der Waals surface area contributed by atoms with Crippen LogP contribution >= 0.6 is 11.6 Å². The van der Waals surface area contributed by atoms with E-state index in [4.69, 9.17) is 17.3 Å². The van der Waals surface area contributed by atoms with Gasteiger partial charge in [0.1, 0.15) is 5.82 Å². The molecule has 3 N–H and O–H groups in total. The predicted molar refractivity (Wildman–Crippen MR) is 78.4 cm³/mol. The molecule has 1 aromatic carbocycles. The number of nitrogens with zero attached hydrogens (tertiary/aromatic N) is 3. The number of hydrogen-bond acceptors (Lipinski definition) is 4. The standard InChI is InChI=1S/C14H15ClN4O2/c1-7-2-3-8(15)6-10(7)9-4-5-11(13(20)21)19-12(9)17-14(16)18-19/h2-3,6,9,11H,4-5H2,1H3,(H2,16,18)(H,20,21). The van der Waals surface area contributed by atoms with Crippen LogP contribution in [-0.4, -0.2) is 25.8 Å². The average molecular weight is 307 g/mol. The van der Waals surface area contributed by atoms with Crippen molar-refractivity contribution in [1.82, 2.24) is 14.8 Å². The maximum Gasteiger partial charge on any atom is 0.328 e. The molecule has 0 saturated heterocycles. The number of hydrogen-bond donors (Lipinski definition) is 2. The van der Waals surface area contributed by atoms with E-state index in [1.54, 1.807) is 0 Å². The highest BCUT2D eigenvalue weighted by molar-refractivity contribution is 6.30. The second-order valence-electron chi connectivity index (χ2n) is 5.26. The highest BCUT2D eigenvalue weighted by Crippen LogP contribution is 2.39. The number of aromatic nitrogens is 3. The number of aryl methyl sites for hydroxylation is 1. The molecule has 0 spiro atoms. The van der Waals surface area contributed by atoms with Crippen molar-refractivity contribution in [3.63, 3.8) is 0 Å². The number of benzene rings is 1. The van der Waals surface area contributed by atoms with Gasteiger partial charge in [0.05, 0.1) is 0 Å². The average Bonchev–Trinajstić information content (AvgIpc) is 2.81. The van der Waals surface area contributed by atoms with Crippen LogP contribution in [0.25, 0.3) is 0 Å². The molecule has 6 nitrogen and oxygen atoms in total. The maximum atomic E-state index is 11.3. The summed E-state index contributed by atoms with van der Waals surface area (Å²) in [6.45, 7) is 2.00. The quantitative estimate of drug-likeness (QED) is 0.888. The van der Waals surface area contributed by atoms with Gasteiger partial charge in [-0.3, -0.25) is 0 Å². The zero-order valence-corrected chi connectivity index (χ0v) is 12.2. The van der Waals surface area contributed by atoms with E-state index >= 15 is 0 Å². The summed E-state index contributed by atoms with van der Waals surface area (Å²) in [7, 11) is 0. The lowest BCUT2D eigenvalue weighted by atomic mass is 9.86. The van der Waals surface area contributed by atoms with Gasteiger partial charge in [-0.05, 0) is 43.0 Å². The summed E-state index contributed by atoms with van der Waals surface area (Å²) >= 11 is 6.09. The van der Waals surface area contributed by atoms with Crippen LogP contribution in [0.2, 0.25) is 5.02 Å². The molecule has 2 heterocycles. The number of anilines is 1. The van der Waals surface area contributed by atoms with Gasteiger partial charge in [0.25, 0.3) is 0 Å². The van der Waals surface area contributed by atoms with Crippen LogP contribution in [-0.2, 0) is 4.79 Å². The lowest BCUT2D eigenvalue weighted by Gasteiger charge is -2.27. The summed E-state index contributed by atoms with van der Waals surface area (Å²) in [6.07, 6.45) is 1.16. The number of carbonyl (C=O) groups is 1. The molecule has 2 aromatic rings. The largest absolute Gasteiger partial charge is 0.480 e. The lowest BCUT2D eigenvalue weighted by molar-refractivity contribution is -0.141. The molecule has 21 heavy (non-hydrogen) atoms. The van der Waals surface area contributed by atoms with Gasteiger partial charge in [-0.1, -0.05) is 17.7 Å². The number of fused-ring (bicyclic) bond motifs is 1. The van der Waals surface area contributed by atoms with E-state index in [1.165, 1.54) is 4.68 Å². The van der Waals surface area contributed by atoms with Crippen molar-refractivity contribution < 1.29 is 9.90 Å². The number of nitrogen functional groups attached to an aromatic ring is 1. The van der Waals surface area contributed by atoms with E-state index in [0.717, 1.165) is 11.1 Å². The topological polar surface area (TPSA) is 94.0 Å². The Morgan fingerprint density at radius 3 is 2.95 bits per heavy atom. The van der Waals surface area contributed by atoms with E-state index in [2.05, 4.69) is 10.1 Å². The summed E-state index contributed by atoms with van der Waals surface area (Å²) in [6, 6.07) is 4.98. The van der Waals surface area contributed by atoms with Crippen molar-refractivity contribution in [2.75, 3.05) is 5.73 Å². The SMILES string of the molecule is Cc1ccc(Cl)cc1C1CCC(C(=O)O)n2nc(N)nc21. The van der Waals surface area contributed by atoms with Crippen LogP contribution in [0.3, 0.4) is 0 Å². The van der Waals surface area contributed by atoms with Gasteiger partial charge in [0.2, 0.25) is 5.95 Å². The monoisotopic (exact) mass is 306 g/mol. The minimum atomic E-state index is -0.914. The Morgan fingerprint density at radius 2 is 2.24 bits per heavy atom. The molecule has 0 bridgehead atoms. The third-order valence-corrected chi connectivity index (χ3v) is 4.15. The molecule has 3 rings (SSSR count). The zero-order chi connectivity index (χ0) is 15.1. The third kappa shape index (κ3) is 2.35.